The van der Waals surface area contributed by atoms with Crippen LogP contribution in [0, 0.1) is 11.6 Å². The number of hydrogen-bond donors (Lipinski definition) is 1. The van der Waals surface area contributed by atoms with Gasteiger partial charge in [0.25, 0.3) is 17.2 Å². The van der Waals surface area contributed by atoms with Crippen molar-refractivity contribution in [1.82, 2.24) is 9.78 Å². The molecule has 36 heavy (non-hydrogen) atoms. The Balaban J connectivity index is 1.78. The number of aromatic amines is 1. The molecular formula is C27H21F2N4O3+. The van der Waals surface area contributed by atoms with E-state index >= 15 is 0 Å². The van der Waals surface area contributed by atoms with E-state index in [0.29, 0.717) is 11.4 Å². The van der Waals surface area contributed by atoms with Crippen LogP contribution in [0.2, 0.25) is 0 Å². The number of amides is 2. The van der Waals surface area contributed by atoms with Crippen LogP contribution < -0.4 is 15.0 Å². The number of carbonyl (C=O) groups excluding carboxylic acids is 2. The van der Waals surface area contributed by atoms with Crippen LogP contribution in [0.15, 0.2) is 83.9 Å². The molecule has 7 nitrogen and oxygen atoms in total. The molecule has 5 rings (SSSR count). The van der Waals surface area contributed by atoms with Crippen molar-refractivity contribution >= 4 is 28.8 Å². The molecule has 1 aliphatic heterocycles. The van der Waals surface area contributed by atoms with Gasteiger partial charge in [0.05, 0.1) is 16.9 Å². The Kier molecular flexibility index (Phi) is 5.68. The van der Waals surface area contributed by atoms with E-state index in [9.17, 15) is 23.2 Å². The molecule has 0 fully saturated rings. The Morgan fingerprint density at radius 1 is 0.778 bits per heavy atom. The molecular weight excluding hydrogens is 466 g/mol. The van der Waals surface area contributed by atoms with E-state index in [1.54, 1.807) is 30.6 Å². The van der Waals surface area contributed by atoms with Gasteiger partial charge in [-0.1, -0.05) is 19.9 Å². The number of H-pyrrole nitrogens is 1. The average molecular weight is 487 g/mol. The highest BCUT2D eigenvalue weighted by Gasteiger charge is 2.48. The number of carbonyl (C=O) groups is 2. The predicted molar refractivity (Wildman–Crippen MR) is 129 cm³/mol. The SMILES string of the molecule is CC(C)c1[nH]n(-c2ccc(F)cc2)c(=O)c1C1=C([n+]2ccccc2)C(=O)N(c2ccc(F)cc2)C1=O. The Labute approximate surface area is 204 Å². The molecule has 0 atom stereocenters. The zero-order valence-electron chi connectivity index (χ0n) is 19.4. The summed E-state index contributed by atoms with van der Waals surface area (Å²) in [7, 11) is 0. The van der Waals surface area contributed by atoms with Gasteiger partial charge in [-0.2, -0.15) is 4.57 Å². The summed E-state index contributed by atoms with van der Waals surface area (Å²) < 4.78 is 29.8. The first-order chi connectivity index (χ1) is 17.3. The molecule has 0 unspecified atom stereocenters. The summed E-state index contributed by atoms with van der Waals surface area (Å²) >= 11 is 0. The lowest BCUT2D eigenvalue weighted by Gasteiger charge is -2.14. The maximum Gasteiger partial charge on any atom is 0.331 e. The fourth-order valence-corrected chi connectivity index (χ4v) is 4.24. The maximum atomic E-state index is 13.8. The van der Waals surface area contributed by atoms with Crippen molar-refractivity contribution in [1.29, 1.82) is 0 Å². The van der Waals surface area contributed by atoms with E-state index in [2.05, 4.69) is 5.10 Å². The van der Waals surface area contributed by atoms with Crippen LogP contribution in [0.3, 0.4) is 0 Å². The normalized spacial score (nSPS) is 13.9. The molecule has 3 heterocycles. The lowest BCUT2D eigenvalue weighted by Crippen LogP contribution is -2.39. The Bertz CT molecular complexity index is 1570. The minimum Gasteiger partial charge on any atom is -0.294 e. The van der Waals surface area contributed by atoms with Gasteiger partial charge in [-0.05, 0) is 54.4 Å². The van der Waals surface area contributed by atoms with E-state index in [-0.39, 0.29) is 28.4 Å². The van der Waals surface area contributed by atoms with Gasteiger partial charge in [0.15, 0.2) is 12.4 Å². The summed E-state index contributed by atoms with van der Waals surface area (Å²) in [6.45, 7) is 3.69. The summed E-state index contributed by atoms with van der Waals surface area (Å²) in [6, 6.07) is 15.4. The number of anilines is 1. The second kappa shape index (κ2) is 8.84. The van der Waals surface area contributed by atoms with Crippen LogP contribution in [-0.2, 0) is 9.59 Å². The first-order valence-electron chi connectivity index (χ1n) is 11.2. The zero-order valence-corrected chi connectivity index (χ0v) is 19.4. The minimum absolute atomic E-state index is 0.00539. The van der Waals surface area contributed by atoms with Crippen molar-refractivity contribution in [2.45, 2.75) is 19.8 Å². The molecule has 1 aliphatic rings. The molecule has 0 radical (unpaired) electrons. The predicted octanol–water partition coefficient (Wildman–Crippen LogP) is 3.80. The monoisotopic (exact) mass is 487 g/mol. The summed E-state index contributed by atoms with van der Waals surface area (Å²) in [5, 5.41) is 3.04. The Morgan fingerprint density at radius 2 is 1.33 bits per heavy atom. The fraction of sp³-hybridized carbons (Fsp3) is 0.111. The maximum absolute atomic E-state index is 13.8. The van der Waals surface area contributed by atoms with Gasteiger partial charge >= 0.3 is 5.91 Å². The molecule has 0 spiro atoms. The highest BCUT2D eigenvalue weighted by Crippen LogP contribution is 2.35. The standard InChI is InChI=1S/C27H20F2N4O3/c1-16(2)23-21(26(35)33(30-23)20-12-8-18(29)9-13-20)22-24(31-14-4-3-5-15-31)27(36)32(25(22)34)19-10-6-17(28)7-11-19/h3-16H,1-2H3/p+1. The van der Waals surface area contributed by atoms with Gasteiger partial charge in [0, 0.05) is 17.8 Å². The third-order valence-electron chi connectivity index (χ3n) is 5.95. The molecule has 180 valence electrons. The van der Waals surface area contributed by atoms with Crippen molar-refractivity contribution in [2.24, 2.45) is 0 Å². The van der Waals surface area contributed by atoms with E-state index in [4.69, 9.17) is 0 Å². The lowest BCUT2D eigenvalue weighted by molar-refractivity contribution is -0.576. The number of halogens is 2. The minimum atomic E-state index is -0.706. The number of benzene rings is 2. The second-order valence-electron chi connectivity index (χ2n) is 8.60. The number of imide groups is 1. The van der Waals surface area contributed by atoms with Gasteiger partial charge in [-0.15, -0.1) is 0 Å². The number of rotatable bonds is 5. The van der Waals surface area contributed by atoms with E-state index in [1.807, 2.05) is 13.8 Å². The fourth-order valence-electron chi connectivity index (χ4n) is 4.24. The molecule has 9 heteroatoms. The number of hydrogen-bond acceptors (Lipinski definition) is 3. The highest BCUT2D eigenvalue weighted by atomic mass is 19.1. The summed E-state index contributed by atoms with van der Waals surface area (Å²) in [6.07, 6.45) is 3.21. The molecule has 2 aromatic carbocycles. The van der Waals surface area contributed by atoms with Crippen LogP contribution in [0.1, 0.15) is 31.0 Å². The molecule has 2 amide bonds. The van der Waals surface area contributed by atoms with Gasteiger partial charge in [0.2, 0.25) is 0 Å². The topological polar surface area (TPSA) is 79.1 Å². The van der Waals surface area contributed by atoms with E-state index in [1.165, 1.54) is 45.6 Å². The van der Waals surface area contributed by atoms with Gasteiger partial charge in [0.1, 0.15) is 17.2 Å². The lowest BCUT2D eigenvalue weighted by atomic mass is 9.98. The third-order valence-corrected chi connectivity index (χ3v) is 5.95. The average Bonchev–Trinajstić information content (AvgIpc) is 3.33. The van der Waals surface area contributed by atoms with Crippen LogP contribution in [0.4, 0.5) is 14.5 Å². The number of aromatic nitrogens is 3. The van der Waals surface area contributed by atoms with Crippen molar-refractivity contribution in [2.75, 3.05) is 4.90 Å². The molecule has 0 bridgehead atoms. The molecule has 1 N–H and O–H groups in total. The zero-order chi connectivity index (χ0) is 25.6. The van der Waals surface area contributed by atoms with Gasteiger partial charge < -0.3 is 0 Å². The number of pyridine rings is 1. The van der Waals surface area contributed by atoms with Gasteiger partial charge in [-0.3, -0.25) is 19.5 Å². The summed E-state index contributed by atoms with van der Waals surface area (Å²) in [4.78, 5) is 42.2. The summed E-state index contributed by atoms with van der Waals surface area (Å²) in [5.74, 6) is -2.56. The van der Waals surface area contributed by atoms with Crippen molar-refractivity contribution in [3.05, 3.63) is 112 Å². The summed E-state index contributed by atoms with van der Waals surface area (Å²) in [5.41, 5.74) is 0.392. The molecule has 0 aliphatic carbocycles. The third kappa shape index (κ3) is 3.74. The van der Waals surface area contributed by atoms with E-state index in [0.717, 1.165) is 17.0 Å². The molecule has 0 saturated carbocycles. The largest absolute Gasteiger partial charge is 0.331 e. The molecule has 4 aromatic rings. The number of nitrogens with zero attached hydrogens (tertiary/aromatic N) is 3. The molecule has 2 aromatic heterocycles. The van der Waals surface area contributed by atoms with E-state index < -0.39 is 29.0 Å². The van der Waals surface area contributed by atoms with Crippen LogP contribution in [0.25, 0.3) is 17.0 Å². The first kappa shape index (κ1) is 23.1. The highest BCUT2D eigenvalue weighted by molar-refractivity contribution is 6.53. The van der Waals surface area contributed by atoms with Crippen molar-refractivity contribution in [3.8, 4) is 5.69 Å². The first-order valence-corrected chi connectivity index (χ1v) is 11.2. The second-order valence-corrected chi connectivity index (χ2v) is 8.60. The quantitative estimate of drug-likeness (QED) is 0.344. The Morgan fingerprint density at radius 3 is 1.89 bits per heavy atom. The smallest absolute Gasteiger partial charge is 0.294 e. The van der Waals surface area contributed by atoms with Crippen molar-refractivity contribution < 1.29 is 22.9 Å². The van der Waals surface area contributed by atoms with Gasteiger partial charge in [-0.25, -0.2) is 18.4 Å². The van der Waals surface area contributed by atoms with Crippen LogP contribution in [0.5, 0.6) is 0 Å². The van der Waals surface area contributed by atoms with Crippen molar-refractivity contribution in [3.63, 3.8) is 0 Å². The molecule has 0 saturated heterocycles. The number of nitrogens with one attached hydrogen (secondary N) is 1. The van der Waals surface area contributed by atoms with Crippen LogP contribution >= 0.6 is 0 Å². The van der Waals surface area contributed by atoms with Crippen LogP contribution in [-0.4, -0.2) is 21.6 Å². The Hall–Kier alpha value is -4.66.